The zero-order valence-corrected chi connectivity index (χ0v) is 12.5. The summed E-state index contributed by atoms with van der Waals surface area (Å²) in [4.78, 5) is 11.6. The van der Waals surface area contributed by atoms with E-state index in [9.17, 15) is 10.1 Å². The minimum atomic E-state index is -0.718. The number of rotatable bonds is 2. The quantitative estimate of drug-likeness (QED) is 0.904. The van der Waals surface area contributed by atoms with Crippen molar-refractivity contribution in [1.82, 2.24) is 0 Å². The molecule has 0 saturated carbocycles. The van der Waals surface area contributed by atoms with Gasteiger partial charge in [0.15, 0.2) is 0 Å². The number of cyclic esters (lactones) is 1. The van der Waals surface area contributed by atoms with Crippen molar-refractivity contribution in [3.63, 3.8) is 0 Å². The summed E-state index contributed by atoms with van der Waals surface area (Å²) in [5.41, 5.74) is 2.73. The van der Waals surface area contributed by atoms with Crippen molar-refractivity contribution >= 4 is 11.8 Å². The maximum absolute atomic E-state index is 11.6. The molecule has 3 rings (SSSR count). The highest BCUT2D eigenvalue weighted by Gasteiger charge is 2.34. The Bertz CT molecular complexity index is 760. The fraction of sp³-hybridized carbons (Fsp3) is 0.222. The lowest BCUT2D eigenvalue weighted by Gasteiger charge is -2.33. The zero-order chi connectivity index (χ0) is 15.7. The Balaban J connectivity index is 2.07. The van der Waals surface area contributed by atoms with Crippen LogP contribution in [0.1, 0.15) is 36.5 Å². The topological polar surface area (TPSA) is 62.1 Å². The van der Waals surface area contributed by atoms with Crippen molar-refractivity contribution in [3.8, 4) is 6.07 Å². The van der Waals surface area contributed by atoms with Gasteiger partial charge >= 0.3 is 6.09 Å². The van der Waals surface area contributed by atoms with E-state index in [4.69, 9.17) is 4.74 Å². The molecule has 0 fully saturated rings. The number of fused-ring (bicyclic) bond motifs is 1. The Morgan fingerprint density at radius 3 is 2.55 bits per heavy atom. The number of nitriles is 1. The number of anilines is 1. The van der Waals surface area contributed by atoms with Crippen molar-refractivity contribution in [2.45, 2.75) is 25.4 Å². The first-order chi connectivity index (χ1) is 10.5. The predicted molar refractivity (Wildman–Crippen MR) is 83.5 cm³/mol. The van der Waals surface area contributed by atoms with Crippen LogP contribution in [0.4, 0.5) is 10.5 Å². The number of carbonyl (C=O) groups excluding carboxylic acids is 1. The standard InChI is InChI=1S/C18H16N2O2/c1-18(2)15-10-13(8-9-16(15)20-17(21)22-18)14(11-19)12-6-4-3-5-7-12/h3-10,14H,1-2H3,(H,20,21). The van der Waals surface area contributed by atoms with Gasteiger partial charge in [0.1, 0.15) is 5.60 Å². The van der Waals surface area contributed by atoms with Crippen molar-refractivity contribution in [2.24, 2.45) is 0 Å². The van der Waals surface area contributed by atoms with Gasteiger partial charge in [0.25, 0.3) is 0 Å². The van der Waals surface area contributed by atoms with Crippen LogP contribution in [0.25, 0.3) is 0 Å². The summed E-state index contributed by atoms with van der Waals surface area (Å²) in [6.07, 6.45) is -0.454. The van der Waals surface area contributed by atoms with Crippen LogP contribution in [-0.2, 0) is 10.3 Å². The van der Waals surface area contributed by atoms with Crippen LogP contribution >= 0.6 is 0 Å². The number of hydrogen-bond donors (Lipinski definition) is 1. The maximum atomic E-state index is 11.6. The smallest absolute Gasteiger partial charge is 0.412 e. The predicted octanol–water partition coefficient (Wildman–Crippen LogP) is 4.14. The van der Waals surface area contributed by atoms with Crippen LogP contribution in [-0.4, -0.2) is 6.09 Å². The van der Waals surface area contributed by atoms with Gasteiger partial charge in [-0.3, -0.25) is 5.32 Å². The van der Waals surface area contributed by atoms with E-state index in [1.807, 2.05) is 62.4 Å². The Morgan fingerprint density at radius 2 is 1.86 bits per heavy atom. The van der Waals surface area contributed by atoms with Crippen molar-refractivity contribution in [2.75, 3.05) is 5.32 Å². The minimum absolute atomic E-state index is 0.347. The molecular formula is C18H16N2O2. The van der Waals surface area contributed by atoms with Gasteiger partial charge in [-0.2, -0.15) is 5.26 Å². The van der Waals surface area contributed by atoms with Crippen molar-refractivity contribution in [1.29, 1.82) is 5.26 Å². The summed E-state index contributed by atoms with van der Waals surface area (Å²) in [6.45, 7) is 3.69. The van der Waals surface area contributed by atoms with Crippen LogP contribution in [0.3, 0.4) is 0 Å². The first kappa shape index (κ1) is 14.2. The second-order valence-corrected chi connectivity index (χ2v) is 5.80. The van der Waals surface area contributed by atoms with Gasteiger partial charge in [0.05, 0.1) is 17.7 Å². The average Bonchev–Trinajstić information content (AvgIpc) is 2.49. The lowest BCUT2D eigenvalue weighted by atomic mass is 9.87. The van der Waals surface area contributed by atoms with Crippen molar-refractivity contribution in [3.05, 3.63) is 65.2 Å². The fourth-order valence-corrected chi connectivity index (χ4v) is 2.76. The molecule has 22 heavy (non-hydrogen) atoms. The van der Waals surface area contributed by atoms with Crippen LogP contribution < -0.4 is 5.32 Å². The number of ether oxygens (including phenoxy) is 1. The molecule has 0 bridgehead atoms. The number of amides is 1. The van der Waals surface area contributed by atoms with Crippen LogP contribution in [0.2, 0.25) is 0 Å². The molecule has 1 amide bonds. The number of benzene rings is 2. The highest BCUT2D eigenvalue weighted by molar-refractivity contribution is 5.88. The third-order valence-corrected chi connectivity index (χ3v) is 3.87. The molecule has 2 aromatic rings. The maximum Gasteiger partial charge on any atom is 0.412 e. The Labute approximate surface area is 129 Å². The van der Waals surface area contributed by atoms with Gasteiger partial charge in [-0.15, -0.1) is 0 Å². The number of carbonyl (C=O) groups is 1. The minimum Gasteiger partial charge on any atom is -0.438 e. The molecule has 2 aromatic carbocycles. The molecule has 1 N–H and O–H groups in total. The summed E-state index contributed by atoms with van der Waals surface area (Å²) in [6, 6.07) is 17.7. The van der Waals surface area contributed by atoms with Gasteiger partial charge in [-0.05, 0) is 37.1 Å². The first-order valence-electron chi connectivity index (χ1n) is 7.10. The molecule has 4 nitrogen and oxygen atoms in total. The van der Waals surface area contributed by atoms with E-state index >= 15 is 0 Å². The van der Waals surface area contributed by atoms with Gasteiger partial charge in [0, 0.05) is 5.56 Å². The fourth-order valence-electron chi connectivity index (χ4n) is 2.76. The first-order valence-corrected chi connectivity index (χ1v) is 7.10. The van der Waals surface area contributed by atoms with Gasteiger partial charge in [0.2, 0.25) is 0 Å². The van der Waals surface area contributed by atoms with Gasteiger partial charge < -0.3 is 4.74 Å². The van der Waals surface area contributed by atoms with Gasteiger partial charge in [-0.25, -0.2) is 4.79 Å². The van der Waals surface area contributed by atoms with Crippen LogP contribution in [0.15, 0.2) is 48.5 Å². The Morgan fingerprint density at radius 1 is 1.14 bits per heavy atom. The monoisotopic (exact) mass is 292 g/mol. The molecule has 110 valence electrons. The molecular weight excluding hydrogens is 276 g/mol. The molecule has 4 heteroatoms. The molecule has 0 aromatic heterocycles. The number of hydrogen-bond acceptors (Lipinski definition) is 3. The molecule has 0 aliphatic carbocycles. The van der Waals surface area contributed by atoms with Crippen LogP contribution in [0, 0.1) is 11.3 Å². The second kappa shape index (κ2) is 5.19. The highest BCUT2D eigenvalue weighted by Crippen LogP contribution is 2.38. The number of nitrogens with one attached hydrogen (secondary N) is 1. The molecule has 1 unspecified atom stereocenters. The lowest BCUT2D eigenvalue weighted by Crippen LogP contribution is -2.34. The van der Waals surface area contributed by atoms with E-state index in [0.29, 0.717) is 0 Å². The molecule has 1 atom stereocenters. The third kappa shape index (κ3) is 2.42. The largest absolute Gasteiger partial charge is 0.438 e. The molecule has 0 saturated heterocycles. The van der Waals surface area contributed by atoms with E-state index < -0.39 is 11.7 Å². The molecule has 0 spiro atoms. The average molecular weight is 292 g/mol. The van der Waals surface area contributed by atoms with E-state index in [0.717, 1.165) is 22.4 Å². The number of nitrogens with zero attached hydrogens (tertiary/aromatic N) is 1. The molecule has 0 radical (unpaired) electrons. The van der Waals surface area contributed by atoms with Crippen LogP contribution in [0.5, 0.6) is 0 Å². The van der Waals surface area contributed by atoms with E-state index in [-0.39, 0.29) is 5.92 Å². The summed E-state index contributed by atoms with van der Waals surface area (Å²) in [5.74, 6) is -0.347. The normalized spacial score (nSPS) is 16.7. The van der Waals surface area contributed by atoms with Gasteiger partial charge in [-0.1, -0.05) is 36.4 Å². The Hall–Kier alpha value is -2.80. The molecule has 1 aliphatic heterocycles. The summed E-state index contributed by atoms with van der Waals surface area (Å²) in [5, 5.41) is 12.3. The summed E-state index contributed by atoms with van der Waals surface area (Å²) >= 11 is 0. The van der Waals surface area contributed by atoms with Crippen molar-refractivity contribution < 1.29 is 9.53 Å². The zero-order valence-electron chi connectivity index (χ0n) is 12.5. The summed E-state index contributed by atoms with van der Waals surface area (Å²) in [7, 11) is 0. The van der Waals surface area contributed by atoms with E-state index in [1.54, 1.807) is 0 Å². The lowest BCUT2D eigenvalue weighted by molar-refractivity contribution is 0.0420. The second-order valence-electron chi connectivity index (χ2n) is 5.80. The SMILES string of the molecule is CC1(C)OC(=O)Nc2ccc(C(C#N)c3ccccc3)cc21. The Kier molecular flexibility index (Phi) is 3.34. The summed E-state index contributed by atoms with van der Waals surface area (Å²) < 4.78 is 5.34. The third-order valence-electron chi connectivity index (χ3n) is 3.87. The highest BCUT2D eigenvalue weighted by atomic mass is 16.6. The molecule has 1 heterocycles. The molecule has 1 aliphatic rings. The van der Waals surface area contributed by atoms with E-state index in [2.05, 4.69) is 11.4 Å². The van der Waals surface area contributed by atoms with E-state index in [1.165, 1.54) is 0 Å².